The number of alkyl halides is 3. The number of aryl methyl sites for hydroxylation is 1. The van der Waals surface area contributed by atoms with Gasteiger partial charge in [-0.1, -0.05) is 18.2 Å². The molecule has 3 aromatic rings. The Bertz CT molecular complexity index is 831. The second kappa shape index (κ2) is 5.29. The molecule has 0 unspecified atom stereocenters. The molecule has 3 rings (SSSR count). The Morgan fingerprint density at radius 3 is 2.27 bits per heavy atom. The predicted octanol–water partition coefficient (Wildman–Crippen LogP) is 4.75. The first-order valence-corrected chi connectivity index (χ1v) is 6.52. The molecule has 0 aliphatic rings. The Kier molecular flexibility index (Phi) is 3.44. The van der Waals surface area contributed by atoms with Gasteiger partial charge in [-0.05, 0) is 37.3 Å². The van der Waals surface area contributed by atoms with Gasteiger partial charge in [-0.3, -0.25) is 0 Å². The minimum absolute atomic E-state index is 0.0718. The van der Waals surface area contributed by atoms with Crippen molar-refractivity contribution in [3.05, 3.63) is 59.8 Å². The smallest absolute Gasteiger partial charge is 0.416 e. The third-order valence-electron chi connectivity index (χ3n) is 3.08. The molecule has 1 heterocycles. The van der Waals surface area contributed by atoms with Crippen molar-refractivity contribution in [3.8, 4) is 11.6 Å². The fraction of sp³-hybridized carbons (Fsp3) is 0.125. The summed E-state index contributed by atoms with van der Waals surface area (Å²) in [6, 6.07) is 11.9. The average Bonchev–Trinajstić information content (AvgIpc) is 2.47. The molecule has 0 spiro atoms. The zero-order chi connectivity index (χ0) is 15.7. The lowest BCUT2D eigenvalue weighted by Crippen LogP contribution is -2.04. The van der Waals surface area contributed by atoms with Gasteiger partial charge in [0.15, 0.2) is 0 Å². The summed E-state index contributed by atoms with van der Waals surface area (Å²) in [6.45, 7) is 1.70. The molecule has 0 aliphatic carbocycles. The summed E-state index contributed by atoms with van der Waals surface area (Å²) in [5, 5.41) is 0. The van der Waals surface area contributed by atoms with Gasteiger partial charge in [0.05, 0.1) is 16.6 Å². The molecule has 2 aromatic carbocycles. The van der Waals surface area contributed by atoms with Crippen LogP contribution in [-0.4, -0.2) is 9.97 Å². The standard InChI is InChI=1S/C16H11F3N2O/c1-10-15(21-14-8-3-2-7-13(14)20-10)22-12-6-4-5-11(9-12)16(17,18)19/h2-9H,1H3. The normalized spacial score (nSPS) is 11.6. The highest BCUT2D eigenvalue weighted by Crippen LogP contribution is 2.33. The number of para-hydroxylation sites is 2. The molecule has 0 radical (unpaired) electrons. The van der Waals surface area contributed by atoms with Crippen LogP contribution in [0.1, 0.15) is 11.3 Å². The Balaban J connectivity index is 1.98. The molecule has 0 atom stereocenters. The molecule has 0 aliphatic heterocycles. The molecule has 112 valence electrons. The minimum Gasteiger partial charge on any atom is -0.437 e. The van der Waals surface area contributed by atoms with Gasteiger partial charge >= 0.3 is 6.18 Å². The zero-order valence-electron chi connectivity index (χ0n) is 11.6. The number of ether oxygens (including phenoxy) is 1. The van der Waals surface area contributed by atoms with Crippen molar-refractivity contribution in [2.75, 3.05) is 0 Å². The Labute approximate surface area is 124 Å². The third kappa shape index (κ3) is 2.86. The van der Waals surface area contributed by atoms with Crippen molar-refractivity contribution in [2.24, 2.45) is 0 Å². The first-order valence-electron chi connectivity index (χ1n) is 6.52. The van der Waals surface area contributed by atoms with Crippen molar-refractivity contribution in [2.45, 2.75) is 13.1 Å². The van der Waals surface area contributed by atoms with Crippen molar-refractivity contribution < 1.29 is 17.9 Å². The van der Waals surface area contributed by atoms with E-state index >= 15 is 0 Å². The van der Waals surface area contributed by atoms with Gasteiger partial charge in [-0.2, -0.15) is 13.2 Å². The average molecular weight is 304 g/mol. The molecule has 3 nitrogen and oxygen atoms in total. The number of hydrogen-bond donors (Lipinski definition) is 0. The molecule has 0 saturated heterocycles. The quantitative estimate of drug-likeness (QED) is 0.685. The molecule has 0 saturated carbocycles. The van der Waals surface area contributed by atoms with Gasteiger partial charge in [0.25, 0.3) is 0 Å². The lowest BCUT2D eigenvalue weighted by Gasteiger charge is -2.11. The predicted molar refractivity (Wildman–Crippen MR) is 75.8 cm³/mol. The Morgan fingerprint density at radius 1 is 0.909 bits per heavy atom. The molecular weight excluding hydrogens is 293 g/mol. The lowest BCUT2D eigenvalue weighted by atomic mass is 10.2. The van der Waals surface area contributed by atoms with Crippen molar-refractivity contribution >= 4 is 11.0 Å². The van der Waals surface area contributed by atoms with E-state index < -0.39 is 11.7 Å². The van der Waals surface area contributed by atoms with Crippen LogP contribution in [-0.2, 0) is 6.18 Å². The van der Waals surface area contributed by atoms with E-state index in [0.717, 1.165) is 12.1 Å². The molecule has 1 aromatic heterocycles. The topological polar surface area (TPSA) is 35.0 Å². The summed E-state index contributed by atoms with van der Waals surface area (Å²) < 4.78 is 43.6. The number of rotatable bonds is 2. The van der Waals surface area contributed by atoms with Crippen LogP contribution < -0.4 is 4.74 Å². The number of halogens is 3. The summed E-state index contributed by atoms with van der Waals surface area (Å²) in [5.41, 5.74) is 1.07. The zero-order valence-corrected chi connectivity index (χ0v) is 11.6. The lowest BCUT2D eigenvalue weighted by molar-refractivity contribution is -0.137. The van der Waals surface area contributed by atoms with E-state index in [0.29, 0.717) is 16.7 Å². The second-order valence-electron chi connectivity index (χ2n) is 4.73. The van der Waals surface area contributed by atoms with Crippen molar-refractivity contribution in [1.82, 2.24) is 9.97 Å². The van der Waals surface area contributed by atoms with Crippen LogP contribution in [0, 0.1) is 6.92 Å². The SMILES string of the molecule is Cc1nc2ccccc2nc1Oc1cccc(C(F)(F)F)c1. The molecule has 22 heavy (non-hydrogen) atoms. The third-order valence-corrected chi connectivity index (χ3v) is 3.08. The van der Waals surface area contributed by atoms with Gasteiger partial charge in [-0.25, -0.2) is 9.97 Å². The second-order valence-corrected chi connectivity index (χ2v) is 4.73. The van der Waals surface area contributed by atoms with Crippen molar-refractivity contribution in [1.29, 1.82) is 0 Å². The molecular formula is C16H11F3N2O. The van der Waals surface area contributed by atoms with Gasteiger partial charge in [0, 0.05) is 0 Å². The highest BCUT2D eigenvalue weighted by molar-refractivity contribution is 5.74. The van der Waals surface area contributed by atoms with Crippen LogP contribution in [0.15, 0.2) is 48.5 Å². The molecule has 6 heteroatoms. The maximum atomic E-state index is 12.7. The first-order chi connectivity index (χ1) is 10.4. The number of hydrogen-bond acceptors (Lipinski definition) is 3. The van der Waals surface area contributed by atoms with Gasteiger partial charge in [0.1, 0.15) is 11.4 Å². The summed E-state index contributed by atoms with van der Waals surface area (Å²) in [4.78, 5) is 8.63. The van der Waals surface area contributed by atoms with Crippen LogP contribution in [0.5, 0.6) is 11.6 Å². The Hall–Kier alpha value is -2.63. The van der Waals surface area contributed by atoms with Gasteiger partial charge in [0.2, 0.25) is 5.88 Å². The van der Waals surface area contributed by atoms with Crippen LogP contribution in [0.3, 0.4) is 0 Å². The van der Waals surface area contributed by atoms with E-state index in [1.807, 2.05) is 12.1 Å². The van der Waals surface area contributed by atoms with E-state index in [1.165, 1.54) is 12.1 Å². The molecule has 0 amide bonds. The van der Waals surface area contributed by atoms with E-state index in [9.17, 15) is 13.2 Å². The van der Waals surface area contributed by atoms with Crippen LogP contribution in [0.25, 0.3) is 11.0 Å². The number of fused-ring (bicyclic) bond motifs is 1. The molecule has 0 bridgehead atoms. The summed E-state index contributed by atoms with van der Waals surface area (Å²) in [6.07, 6.45) is -4.41. The van der Waals surface area contributed by atoms with Gasteiger partial charge < -0.3 is 4.74 Å². The van der Waals surface area contributed by atoms with E-state index in [4.69, 9.17) is 4.74 Å². The summed E-state index contributed by atoms with van der Waals surface area (Å²) >= 11 is 0. The highest BCUT2D eigenvalue weighted by Gasteiger charge is 2.30. The number of benzene rings is 2. The maximum absolute atomic E-state index is 12.7. The highest BCUT2D eigenvalue weighted by atomic mass is 19.4. The number of nitrogens with zero attached hydrogens (tertiary/aromatic N) is 2. The fourth-order valence-electron chi connectivity index (χ4n) is 2.02. The molecule has 0 fully saturated rings. The monoisotopic (exact) mass is 304 g/mol. The van der Waals surface area contributed by atoms with Crippen LogP contribution >= 0.6 is 0 Å². The molecule has 0 N–H and O–H groups in total. The Morgan fingerprint density at radius 2 is 1.59 bits per heavy atom. The first kappa shape index (κ1) is 14.3. The number of aromatic nitrogens is 2. The summed E-state index contributed by atoms with van der Waals surface area (Å²) in [5.74, 6) is 0.264. The fourth-order valence-corrected chi connectivity index (χ4v) is 2.02. The van der Waals surface area contributed by atoms with Crippen molar-refractivity contribution in [3.63, 3.8) is 0 Å². The summed E-state index contributed by atoms with van der Waals surface area (Å²) in [7, 11) is 0. The van der Waals surface area contributed by atoms with E-state index in [1.54, 1.807) is 19.1 Å². The van der Waals surface area contributed by atoms with Gasteiger partial charge in [-0.15, -0.1) is 0 Å². The van der Waals surface area contributed by atoms with Crippen LogP contribution in [0.2, 0.25) is 0 Å². The minimum atomic E-state index is -4.41. The van der Waals surface area contributed by atoms with E-state index in [-0.39, 0.29) is 11.6 Å². The largest absolute Gasteiger partial charge is 0.437 e. The maximum Gasteiger partial charge on any atom is 0.416 e. The van der Waals surface area contributed by atoms with E-state index in [2.05, 4.69) is 9.97 Å². The van der Waals surface area contributed by atoms with Crippen LogP contribution in [0.4, 0.5) is 13.2 Å².